The average Bonchev–Trinajstić information content (AvgIpc) is 2.32. The summed E-state index contributed by atoms with van der Waals surface area (Å²) in [7, 11) is 3.15. The number of nitrogens with one attached hydrogen (secondary N) is 1. The number of hydrogen-bond donors (Lipinski definition) is 1. The average molecular weight is 292 g/mol. The summed E-state index contributed by atoms with van der Waals surface area (Å²) in [5.74, 6) is 0.217. The third-order valence-electron chi connectivity index (χ3n) is 2.23. The zero-order valence-electron chi connectivity index (χ0n) is 10.3. The molecule has 1 aromatic rings. The summed E-state index contributed by atoms with van der Waals surface area (Å²) in [6.07, 6.45) is 0.175. The summed E-state index contributed by atoms with van der Waals surface area (Å²) in [5, 5.41) is 3.98. The van der Waals surface area contributed by atoms with Crippen LogP contribution in [0.25, 0.3) is 0 Å². The van der Waals surface area contributed by atoms with Crippen LogP contribution in [0.2, 0.25) is 10.0 Å². The predicted octanol–water partition coefficient (Wildman–Crippen LogP) is 2.65. The number of rotatable bonds is 6. The van der Waals surface area contributed by atoms with Crippen molar-refractivity contribution in [1.82, 2.24) is 5.32 Å². The van der Waals surface area contributed by atoms with Gasteiger partial charge in [-0.05, 0) is 19.2 Å². The number of methoxy groups -OCH3 is 1. The van der Waals surface area contributed by atoms with Crippen molar-refractivity contribution in [2.24, 2.45) is 0 Å². The Morgan fingerprint density at radius 2 is 2.11 bits per heavy atom. The maximum Gasteiger partial charge on any atom is 0.308 e. The fraction of sp³-hybridized carbons (Fsp3) is 0.417. The highest BCUT2D eigenvalue weighted by atomic mass is 35.5. The van der Waals surface area contributed by atoms with Gasteiger partial charge in [-0.2, -0.15) is 0 Å². The molecule has 0 saturated carbocycles. The van der Waals surface area contributed by atoms with Gasteiger partial charge in [0.1, 0.15) is 5.75 Å². The monoisotopic (exact) mass is 291 g/mol. The molecule has 0 heterocycles. The lowest BCUT2D eigenvalue weighted by molar-refractivity contribution is -0.141. The maximum atomic E-state index is 11.0. The summed E-state index contributed by atoms with van der Waals surface area (Å²) >= 11 is 12.0. The van der Waals surface area contributed by atoms with Crippen molar-refractivity contribution in [1.29, 1.82) is 0 Å². The molecule has 4 nitrogen and oxygen atoms in total. The zero-order chi connectivity index (χ0) is 13.5. The minimum absolute atomic E-state index is 0.175. The highest BCUT2D eigenvalue weighted by Crippen LogP contribution is 2.32. The lowest BCUT2D eigenvalue weighted by Gasteiger charge is -2.13. The van der Waals surface area contributed by atoms with Crippen molar-refractivity contribution in [3.05, 3.63) is 27.7 Å². The molecular formula is C12H15Cl2NO3. The van der Waals surface area contributed by atoms with Gasteiger partial charge < -0.3 is 14.8 Å². The molecule has 0 fully saturated rings. The quantitative estimate of drug-likeness (QED) is 0.819. The van der Waals surface area contributed by atoms with Gasteiger partial charge in [0.05, 0.1) is 25.2 Å². The second kappa shape index (κ2) is 7.46. The number of ether oxygens (including phenoxy) is 2. The number of esters is 1. The summed E-state index contributed by atoms with van der Waals surface area (Å²) in [6, 6.07) is 3.38. The number of benzene rings is 1. The number of hydrogen-bond acceptors (Lipinski definition) is 4. The van der Waals surface area contributed by atoms with Gasteiger partial charge in [-0.3, -0.25) is 4.79 Å². The second-order valence-corrected chi connectivity index (χ2v) is 4.42. The largest absolute Gasteiger partial charge is 0.491 e. The van der Waals surface area contributed by atoms with Crippen LogP contribution >= 0.6 is 23.2 Å². The number of halogens is 2. The summed E-state index contributed by atoms with van der Waals surface area (Å²) < 4.78 is 10.0. The third kappa shape index (κ3) is 4.37. The van der Waals surface area contributed by atoms with E-state index >= 15 is 0 Å². The van der Waals surface area contributed by atoms with Crippen molar-refractivity contribution in [2.75, 3.05) is 20.8 Å². The fourth-order valence-electron chi connectivity index (χ4n) is 1.44. The van der Waals surface area contributed by atoms with E-state index in [0.29, 0.717) is 22.3 Å². The van der Waals surface area contributed by atoms with E-state index in [2.05, 4.69) is 10.1 Å². The smallest absolute Gasteiger partial charge is 0.308 e. The van der Waals surface area contributed by atoms with Crippen molar-refractivity contribution in [3.63, 3.8) is 0 Å². The first-order valence-electron chi connectivity index (χ1n) is 5.40. The first-order chi connectivity index (χ1) is 8.58. The van der Waals surface area contributed by atoms with Crippen molar-refractivity contribution >= 4 is 29.2 Å². The first kappa shape index (κ1) is 15.1. The standard InChI is InChI=1S/C12H15Cl2NO3/c1-15-7-8-5-9(13)6-10(14)12(8)18-4-3-11(16)17-2/h5-6,15H,3-4,7H2,1-2H3. The molecule has 6 heteroatoms. The molecule has 0 aromatic heterocycles. The molecule has 1 N–H and O–H groups in total. The summed E-state index contributed by atoms with van der Waals surface area (Å²) in [4.78, 5) is 11.0. The lowest BCUT2D eigenvalue weighted by Crippen LogP contribution is -2.11. The molecule has 0 aliphatic rings. The van der Waals surface area contributed by atoms with Gasteiger partial charge >= 0.3 is 5.97 Å². The van der Waals surface area contributed by atoms with E-state index in [1.54, 1.807) is 12.1 Å². The van der Waals surface area contributed by atoms with E-state index in [9.17, 15) is 4.79 Å². The van der Waals surface area contributed by atoms with Gasteiger partial charge in [-0.1, -0.05) is 23.2 Å². The topological polar surface area (TPSA) is 47.6 Å². The minimum Gasteiger partial charge on any atom is -0.491 e. The van der Waals surface area contributed by atoms with Gasteiger partial charge in [0.15, 0.2) is 0 Å². The molecule has 0 aliphatic carbocycles. The highest BCUT2D eigenvalue weighted by molar-refractivity contribution is 6.35. The van der Waals surface area contributed by atoms with Crippen molar-refractivity contribution < 1.29 is 14.3 Å². The maximum absolute atomic E-state index is 11.0. The Hall–Kier alpha value is -0.970. The second-order valence-electron chi connectivity index (χ2n) is 3.58. The Morgan fingerprint density at radius 3 is 2.72 bits per heavy atom. The van der Waals surface area contributed by atoms with Crippen LogP contribution in [0.5, 0.6) is 5.75 Å². The van der Waals surface area contributed by atoms with Gasteiger partial charge in [0.25, 0.3) is 0 Å². The fourth-order valence-corrected chi connectivity index (χ4v) is 2.03. The molecule has 0 atom stereocenters. The van der Waals surface area contributed by atoms with Crippen molar-refractivity contribution in [3.8, 4) is 5.75 Å². The molecule has 0 spiro atoms. The Labute approximate surface area is 116 Å². The molecule has 0 aliphatic heterocycles. The van der Waals surface area contributed by atoms with Crippen molar-refractivity contribution in [2.45, 2.75) is 13.0 Å². The van der Waals surface area contributed by atoms with E-state index in [-0.39, 0.29) is 19.0 Å². The number of carbonyl (C=O) groups excluding carboxylic acids is 1. The molecule has 0 amide bonds. The normalized spacial score (nSPS) is 10.2. The van der Waals surface area contributed by atoms with Crippen LogP contribution in [-0.4, -0.2) is 26.7 Å². The lowest BCUT2D eigenvalue weighted by atomic mass is 10.2. The molecule has 1 rings (SSSR count). The zero-order valence-corrected chi connectivity index (χ0v) is 11.8. The molecule has 1 aromatic carbocycles. The molecule has 0 bridgehead atoms. The van der Waals surface area contributed by atoms with E-state index in [0.717, 1.165) is 5.56 Å². The Kier molecular flexibility index (Phi) is 6.25. The Bertz CT molecular complexity index is 424. The van der Waals surface area contributed by atoms with Gasteiger partial charge in [-0.15, -0.1) is 0 Å². The third-order valence-corrected chi connectivity index (χ3v) is 2.73. The van der Waals surface area contributed by atoms with Crippen LogP contribution in [-0.2, 0) is 16.1 Å². The first-order valence-corrected chi connectivity index (χ1v) is 6.16. The van der Waals surface area contributed by atoms with Gasteiger partial charge in [0.2, 0.25) is 0 Å². The van der Waals surface area contributed by atoms with Crippen LogP contribution in [0.15, 0.2) is 12.1 Å². The molecule has 0 radical (unpaired) electrons. The van der Waals surface area contributed by atoms with E-state index in [1.165, 1.54) is 7.11 Å². The summed E-state index contributed by atoms with van der Waals surface area (Å²) in [6.45, 7) is 0.790. The van der Waals surface area contributed by atoms with Crippen LogP contribution < -0.4 is 10.1 Å². The van der Waals surface area contributed by atoms with Crippen LogP contribution in [0.4, 0.5) is 0 Å². The van der Waals surface area contributed by atoms with E-state index in [1.807, 2.05) is 7.05 Å². The van der Waals surface area contributed by atoms with Crippen LogP contribution in [0.3, 0.4) is 0 Å². The van der Waals surface area contributed by atoms with E-state index in [4.69, 9.17) is 27.9 Å². The van der Waals surface area contributed by atoms with E-state index < -0.39 is 0 Å². The van der Waals surface area contributed by atoms with Gasteiger partial charge in [0, 0.05) is 17.1 Å². The SMILES string of the molecule is CNCc1cc(Cl)cc(Cl)c1OCCC(=O)OC. The van der Waals surface area contributed by atoms with Gasteiger partial charge in [-0.25, -0.2) is 0 Å². The van der Waals surface area contributed by atoms with Crippen LogP contribution in [0, 0.1) is 0 Å². The Morgan fingerprint density at radius 1 is 1.39 bits per heavy atom. The molecule has 100 valence electrons. The molecule has 0 unspecified atom stereocenters. The predicted molar refractivity (Wildman–Crippen MR) is 71.4 cm³/mol. The molecule has 0 saturated heterocycles. The molecular weight excluding hydrogens is 277 g/mol. The summed E-state index contributed by atoms with van der Waals surface area (Å²) in [5.41, 5.74) is 0.847. The van der Waals surface area contributed by atoms with Crippen LogP contribution in [0.1, 0.15) is 12.0 Å². The minimum atomic E-state index is -0.324. The molecule has 18 heavy (non-hydrogen) atoms. The number of carbonyl (C=O) groups is 1. The highest BCUT2D eigenvalue weighted by Gasteiger charge is 2.11. The Balaban J connectivity index is 2.76.